The quantitative estimate of drug-likeness (QED) is 0.786. The molecule has 1 aliphatic carbocycles. The third-order valence-corrected chi connectivity index (χ3v) is 3.99. The van der Waals surface area contributed by atoms with Gasteiger partial charge in [0, 0.05) is 11.6 Å². The Morgan fingerprint density at radius 1 is 1.33 bits per heavy atom. The highest BCUT2D eigenvalue weighted by molar-refractivity contribution is 5.74. The van der Waals surface area contributed by atoms with Crippen LogP contribution >= 0.6 is 0 Å². The first kappa shape index (κ1) is 16.5. The number of aromatic nitrogens is 3. The number of rotatable bonds is 5. The van der Waals surface area contributed by atoms with E-state index in [-0.39, 0.29) is 43.2 Å². The number of hydrogen-bond donors (Lipinski definition) is 0. The number of carbonyl (C=O) groups is 1. The topological polar surface area (TPSA) is 57.0 Å². The van der Waals surface area contributed by atoms with Crippen LogP contribution in [0, 0.1) is 17.6 Å². The van der Waals surface area contributed by atoms with Crippen molar-refractivity contribution >= 4 is 5.97 Å². The molecule has 1 aliphatic rings. The molecule has 3 rings (SSSR count). The van der Waals surface area contributed by atoms with Gasteiger partial charge in [-0.05, 0) is 31.9 Å². The fourth-order valence-corrected chi connectivity index (χ4v) is 2.88. The third kappa shape index (κ3) is 3.42. The molecule has 0 atom stereocenters. The Bertz CT molecular complexity index is 737. The summed E-state index contributed by atoms with van der Waals surface area (Å²) in [5, 5.41) is 7.61. The highest BCUT2D eigenvalue weighted by Gasteiger charge is 2.49. The van der Waals surface area contributed by atoms with Crippen LogP contribution in [0.2, 0.25) is 0 Å². The predicted molar refractivity (Wildman–Crippen MR) is 78.6 cm³/mol. The van der Waals surface area contributed by atoms with Gasteiger partial charge in [0.2, 0.25) is 0 Å². The lowest BCUT2D eigenvalue weighted by Gasteiger charge is -2.39. The summed E-state index contributed by atoms with van der Waals surface area (Å²) in [7, 11) is 0. The number of benzene rings is 1. The van der Waals surface area contributed by atoms with E-state index in [0.717, 1.165) is 18.2 Å². The normalized spacial score (nSPS) is 22.9. The molecule has 8 heteroatoms. The van der Waals surface area contributed by atoms with Crippen molar-refractivity contribution in [1.82, 2.24) is 15.0 Å². The van der Waals surface area contributed by atoms with Crippen LogP contribution in [0.25, 0.3) is 11.3 Å². The SMILES string of the molecule is CCOC(=O)C1CC(F)(Cn2cc(-c3cc(F)cc(F)c3)nn2)C1. The first-order valence-corrected chi connectivity index (χ1v) is 7.61. The Labute approximate surface area is 136 Å². The second-order valence-electron chi connectivity index (χ2n) is 5.97. The number of hydrogen-bond acceptors (Lipinski definition) is 4. The molecule has 0 saturated heterocycles. The van der Waals surface area contributed by atoms with Crippen LogP contribution in [-0.4, -0.2) is 33.2 Å². The standard InChI is InChI=1S/C16H16F3N3O2/c1-2-24-15(23)11-6-16(19,7-11)9-22-8-14(20-21-22)10-3-12(17)5-13(18)4-10/h3-5,8,11H,2,6-7,9H2,1H3. The van der Waals surface area contributed by atoms with Gasteiger partial charge in [-0.25, -0.2) is 17.9 Å². The summed E-state index contributed by atoms with van der Waals surface area (Å²) in [6.45, 7) is 1.89. The second-order valence-corrected chi connectivity index (χ2v) is 5.97. The van der Waals surface area contributed by atoms with Gasteiger partial charge in [-0.3, -0.25) is 4.79 Å². The second kappa shape index (κ2) is 6.26. The van der Waals surface area contributed by atoms with Gasteiger partial charge < -0.3 is 4.74 Å². The zero-order chi connectivity index (χ0) is 17.3. The number of nitrogens with zero attached hydrogens (tertiary/aromatic N) is 3. The smallest absolute Gasteiger partial charge is 0.309 e. The fraction of sp³-hybridized carbons (Fsp3) is 0.438. The van der Waals surface area contributed by atoms with E-state index in [4.69, 9.17) is 4.74 Å². The van der Waals surface area contributed by atoms with E-state index >= 15 is 0 Å². The molecule has 0 bridgehead atoms. The van der Waals surface area contributed by atoms with E-state index < -0.39 is 23.2 Å². The first-order chi connectivity index (χ1) is 11.4. The highest BCUT2D eigenvalue weighted by atomic mass is 19.1. The molecular formula is C16H16F3N3O2. The zero-order valence-electron chi connectivity index (χ0n) is 13.0. The van der Waals surface area contributed by atoms with Crippen LogP contribution in [0.15, 0.2) is 24.4 Å². The Morgan fingerprint density at radius 2 is 2.00 bits per heavy atom. The molecule has 0 aliphatic heterocycles. The minimum atomic E-state index is -1.56. The van der Waals surface area contributed by atoms with E-state index in [1.807, 2.05) is 0 Å². The van der Waals surface area contributed by atoms with Crippen molar-refractivity contribution in [2.75, 3.05) is 6.61 Å². The lowest BCUT2D eigenvalue weighted by Crippen LogP contribution is -2.47. The molecule has 0 amide bonds. The maximum absolute atomic E-state index is 14.6. The van der Waals surface area contributed by atoms with E-state index in [1.54, 1.807) is 6.92 Å². The van der Waals surface area contributed by atoms with E-state index in [1.165, 1.54) is 10.9 Å². The maximum atomic E-state index is 14.6. The van der Waals surface area contributed by atoms with E-state index in [2.05, 4.69) is 10.3 Å². The summed E-state index contributed by atoms with van der Waals surface area (Å²) >= 11 is 0. The Kier molecular flexibility index (Phi) is 4.29. The minimum Gasteiger partial charge on any atom is -0.466 e. The van der Waals surface area contributed by atoms with Crippen molar-refractivity contribution in [3.63, 3.8) is 0 Å². The molecule has 5 nitrogen and oxygen atoms in total. The van der Waals surface area contributed by atoms with E-state index in [9.17, 15) is 18.0 Å². The van der Waals surface area contributed by atoms with Gasteiger partial charge in [-0.15, -0.1) is 5.10 Å². The maximum Gasteiger partial charge on any atom is 0.309 e. The van der Waals surface area contributed by atoms with Gasteiger partial charge in [-0.2, -0.15) is 0 Å². The molecule has 1 aromatic heterocycles. The molecule has 0 radical (unpaired) electrons. The molecule has 0 spiro atoms. The molecular weight excluding hydrogens is 323 g/mol. The molecule has 1 heterocycles. The van der Waals surface area contributed by atoms with Gasteiger partial charge in [-0.1, -0.05) is 5.21 Å². The van der Waals surface area contributed by atoms with Gasteiger partial charge in [0.05, 0.1) is 25.3 Å². The molecule has 1 saturated carbocycles. The average Bonchev–Trinajstić information content (AvgIpc) is 2.92. The van der Waals surface area contributed by atoms with Crippen LogP contribution in [0.1, 0.15) is 19.8 Å². The summed E-state index contributed by atoms with van der Waals surface area (Å²) in [4.78, 5) is 11.5. The third-order valence-electron chi connectivity index (χ3n) is 3.99. The van der Waals surface area contributed by atoms with Gasteiger partial charge in [0.1, 0.15) is 23.0 Å². The summed E-state index contributed by atoms with van der Waals surface area (Å²) in [5.41, 5.74) is -1.08. The number of alkyl halides is 1. The lowest BCUT2D eigenvalue weighted by molar-refractivity contribution is -0.158. The first-order valence-electron chi connectivity index (χ1n) is 7.61. The molecule has 2 aromatic rings. The van der Waals surface area contributed by atoms with Gasteiger partial charge >= 0.3 is 5.97 Å². The van der Waals surface area contributed by atoms with Crippen molar-refractivity contribution in [2.24, 2.45) is 5.92 Å². The Balaban J connectivity index is 1.66. The van der Waals surface area contributed by atoms with Crippen molar-refractivity contribution in [2.45, 2.75) is 32.0 Å². The molecule has 1 aromatic carbocycles. The van der Waals surface area contributed by atoms with Crippen LogP contribution < -0.4 is 0 Å². The lowest BCUT2D eigenvalue weighted by atomic mass is 9.72. The monoisotopic (exact) mass is 339 g/mol. The van der Waals surface area contributed by atoms with E-state index in [0.29, 0.717) is 0 Å². The minimum absolute atomic E-state index is 0.0651. The van der Waals surface area contributed by atoms with Crippen molar-refractivity contribution in [1.29, 1.82) is 0 Å². The number of halogens is 3. The largest absolute Gasteiger partial charge is 0.466 e. The molecule has 1 fully saturated rings. The van der Waals surface area contributed by atoms with Crippen molar-refractivity contribution in [3.8, 4) is 11.3 Å². The zero-order valence-corrected chi connectivity index (χ0v) is 13.0. The van der Waals surface area contributed by atoms with Gasteiger partial charge in [0.25, 0.3) is 0 Å². The molecule has 0 unspecified atom stereocenters. The average molecular weight is 339 g/mol. The number of esters is 1. The number of carbonyl (C=O) groups excluding carboxylic acids is 1. The van der Waals surface area contributed by atoms with Crippen LogP contribution in [0.3, 0.4) is 0 Å². The van der Waals surface area contributed by atoms with Gasteiger partial charge in [0.15, 0.2) is 0 Å². The van der Waals surface area contributed by atoms with Crippen LogP contribution in [0.5, 0.6) is 0 Å². The van der Waals surface area contributed by atoms with Crippen LogP contribution in [-0.2, 0) is 16.1 Å². The fourth-order valence-electron chi connectivity index (χ4n) is 2.88. The summed E-state index contributed by atoms with van der Waals surface area (Å²) < 4.78 is 47.2. The molecule has 0 N–H and O–H groups in total. The predicted octanol–water partition coefficient (Wildman–Crippen LogP) is 2.90. The van der Waals surface area contributed by atoms with Crippen LogP contribution in [0.4, 0.5) is 13.2 Å². The van der Waals surface area contributed by atoms with Crippen molar-refractivity contribution in [3.05, 3.63) is 36.0 Å². The molecule has 24 heavy (non-hydrogen) atoms. The Hall–Kier alpha value is -2.38. The van der Waals surface area contributed by atoms with Crippen molar-refractivity contribution < 1.29 is 22.7 Å². The Morgan fingerprint density at radius 3 is 2.62 bits per heavy atom. The number of ether oxygens (including phenoxy) is 1. The summed E-state index contributed by atoms with van der Waals surface area (Å²) in [6, 6.07) is 3.01. The highest BCUT2D eigenvalue weighted by Crippen LogP contribution is 2.43. The summed E-state index contributed by atoms with van der Waals surface area (Å²) in [5.74, 6) is -2.27. The molecule has 128 valence electrons. The summed E-state index contributed by atoms with van der Waals surface area (Å²) in [6.07, 6.45) is 1.55.